The van der Waals surface area contributed by atoms with Crippen molar-refractivity contribution in [3.8, 4) is 34.5 Å². The van der Waals surface area contributed by atoms with E-state index in [1.807, 2.05) is 56.0 Å². The number of methoxy groups -OCH3 is 2. The molecule has 0 saturated heterocycles. The zero-order chi connectivity index (χ0) is 18.8. The molecule has 0 unspecified atom stereocenters. The van der Waals surface area contributed by atoms with E-state index in [2.05, 4.69) is 22.0 Å². The summed E-state index contributed by atoms with van der Waals surface area (Å²) in [6.45, 7) is 0. The maximum absolute atomic E-state index is 5.61. The normalized spacial score (nSPS) is 10.5. The van der Waals surface area contributed by atoms with E-state index >= 15 is 0 Å². The van der Waals surface area contributed by atoms with Gasteiger partial charge in [-0.25, -0.2) is 4.52 Å². The van der Waals surface area contributed by atoms with Crippen LogP contribution in [0.2, 0.25) is 0 Å². The standard InChI is InChI=1S/C21H18N4O2/c1-24-13-18(12-22-24)17-10-20(27-3)21-16(11-23-25(21)14-17)7-4-15-5-8-19(26-2)9-6-15/h5-6,8-14H,1-3H3. The van der Waals surface area contributed by atoms with Crippen LogP contribution in [0.5, 0.6) is 11.5 Å². The van der Waals surface area contributed by atoms with Gasteiger partial charge < -0.3 is 9.47 Å². The largest absolute Gasteiger partial charge is 0.497 e. The summed E-state index contributed by atoms with van der Waals surface area (Å²) in [5.74, 6) is 7.87. The van der Waals surface area contributed by atoms with Crippen molar-refractivity contribution in [3.63, 3.8) is 0 Å². The van der Waals surface area contributed by atoms with Gasteiger partial charge in [0.15, 0.2) is 0 Å². The number of pyridine rings is 1. The van der Waals surface area contributed by atoms with E-state index in [1.54, 1.807) is 29.6 Å². The molecule has 0 spiro atoms. The van der Waals surface area contributed by atoms with Gasteiger partial charge in [-0.1, -0.05) is 11.8 Å². The summed E-state index contributed by atoms with van der Waals surface area (Å²) in [4.78, 5) is 0. The fourth-order valence-electron chi connectivity index (χ4n) is 2.87. The number of hydrogen-bond donors (Lipinski definition) is 0. The summed E-state index contributed by atoms with van der Waals surface area (Å²) < 4.78 is 14.3. The first-order valence-electron chi connectivity index (χ1n) is 8.38. The molecule has 134 valence electrons. The monoisotopic (exact) mass is 358 g/mol. The summed E-state index contributed by atoms with van der Waals surface area (Å²) in [6.07, 6.45) is 7.47. The highest BCUT2D eigenvalue weighted by atomic mass is 16.5. The lowest BCUT2D eigenvalue weighted by atomic mass is 10.1. The van der Waals surface area contributed by atoms with Crippen LogP contribution in [-0.4, -0.2) is 33.6 Å². The Morgan fingerprint density at radius 1 is 0.889 bits per heavy atom. The third-order valence-corrected chi connectivity index (χ3v) is 4.27. The minimum atomic E-state index is 0.716. The number of nitrogens with zero attached hydrogens (tertiary/aromatic N) is 4. The van der Waals surface area contributed by atoms with Crippen LogP contribution in [0.4, 0.5) is 0 Å². The lowest BCUT2D eigenvalue weighted by Gasteiger charge is -2.06. The van der Waals surface area contributed by atoms with Crippen LogP contribution >= 0.6 is 0 Å². The molecule has 0 aliphatic heterocycles. The Hall–Kier alpha value is -3.72. The zero-order valence-corrected chi connectivity index (χ0v) is 15.3. The molecular formula is C21H18N4O2. The van der Waals surface area contributed by atoms with Crippen LogP contribution in [0, 0.1) is 11.8 Å². The number of hydrogen-bond acceptors (Lipinski definition) is 4. The Bertz CT molecular complexity index is 1160. The maximum atomic E-state index is 5.61. The van der Waals surface area contributed by atoms with Gasteiger partial charge in [-0.05, 0) is 30.3 Å². The van der Waals surface area contributed by atoms with Crippen LogP contribution in [0.3, 0.4) is 0 Å². The predicted molar refractivity (Wildman–Crippen MR) is 103 cm³/mol. The molecule has 3 aromatic heterocycles. The van der Waals surface area contributed by atoms with Crippen molar-refractivity contribution in [2.45, 2.75) is 0 Å². The highest BCUT2D eigenvalue weighted by molar-refractivity contribution is 5.75. The average molecular weight is 358 g/mol. The third-order valence-electron chi connectivity index (χ3n) is 4.27. The summed E-state index contributed by atoms with van der Waals surface area (Å²) in [5, 5.41) is 8.67. The molecular weight excluding hydrogens is 340 g/mol. The molecule has 6 nitrogen and oxygen atoms in total. The van der Waals surface area contributed by atoms with Crippen LogP contribution in [-0.2, 0) is 7.05 Å². The molecule has 1 aromatic carbocycles. The first-order chi connectivity index (χ1) is 13.2. The maximum Gasteiger partial charge on any atom is 0.146 e. The van der Waals surface area contributed by atoms with Gasteiger partial charge in [0.1, 0.15) is 17.0 Å². The van der Waals surface area contributed by atoms with Gasteiger partial charge in [-0.2, -0.15) is 10.2 Å². The number of ether oxygens (including phenoxy) is 2. The molecule has 0 radical (unpaired) electrons. The molecule has 0 amide bonds. The van der Waals surface area contributed by atoms with Gasteiger partial charge in [0.25, 0.3) is 0 Å². The SMILES string of the molecule is COc1ccc(C#Cc2cnn3cc(-c4cnn(C)c4)cc(OC)c23)cc1. The quantitative estimate of drug-likeness (QED) is 0.528. The minimum Gasteiger partial charge on any atom is -0.497 e. The minimum absolute atomic E-state index is 0.716. The number of aromatic nitrogens is 4. The molecule has 3 heterocycles. The van der Waals surface area contributed by atoms with Crippen molar-refractivity contribution < 1.29 is 9.47 Å². The molecule has 6 heteroatoms. The number of rotatable bonds is 3. The van der Waals surface area contributed by atoms with Crippen LogP contribution in [0.25, 0.3) is 16.6 Å². The van der Waals surface area contributed by atoms with Crippen molar-refractivity contribution in [2.24, 2.45) is 7.05 Å². The molecule has 0 saturated carbocycles. The predicted octanol–water partition coefficient (Wildman–Crippen LogP) is 3.15. The van der Waals surface area contributed by atoms with Crippen molar-refractivity contribution in [2.75, 3.05) is 14.2 Å². The average Bonchev–Trinajstić information content (AvgIpc) is 3.32. The van der Waals surface area contributed by atoms with E-state index in [1.165, 1.54) is 0 Å². The smallest absolute Gasteiger partial charge is 0.146 e. The van der Waals surface area contributed by atoms with Gasteiger partial charge in [0.2, 0.25) is 0 Å². The van der Waals surface area contributed by atoms with Crippen LogP contribution in [0.1, 0.15) is 11.1 Å². The molecule has 0 aliphatic carbocycles. The van der Waals surface area contributed by atoms with Gasteiger partial charge in [0.05, 0.1) is 32.2 Å². The van der Waals surface area contributed by atoms with Gasteiger partial charge >= 0.3 is 0 Å². The summed E-state index contributed by atoms with van der Waals surface area (Å²) in [5.41, 5.74) is 4.52. The van der Waals surface area contributed by atoms with Crippen molar-refractivity contribution in [3.05, 3.63) is 66.2 Å². The van der Waals surface area contributed by atoms with Gasteiger partial charge in [-0.3, -0.25) is 4.68 Å². The van der Waals surface area contributed by atoms with E-state index < -0.39 is 0 Å². The number of fused-ring (bicyclic) bond motifs is 1. The highest BCUT2D eigenvalue weighted by Crippen LogP contribution is 2.29. The topological polar surface area (TPSA) is 53.6 Å². The first kappa shape index (κ1) is 16.7. The molecule has 0 N–H and O–H groups in total. The molecule has 0 fully saturated rings. The Morgan fingerprint density at radius 2 is 1.70 bits per heavy atom. The van der Waals surface area contributed by atoms with Crippen molar-refractivity contribution >= 4 is 5.52 Å². The molecule has 4 rings (SSSR count). The summed E-state index contributed by atoms with van der Waals surface area (Å²) in [7, 11) is 5.18. The third kappa shape index (κ3) is 3.23. The number of aryl methyl sites for hydroxylation is 1. The Balaban J connectivity index is 1.75. The fraction of sp³-hybridized carbons (Fsp3) is 0.143. The van der Waals surface area contributed by atoms with E-state index in [-0.39, 0.29) is 0 Å². The Morgan fingerprint density at radius 3 is 2.37 bits per heavy atom. The van der Waals surface area contributed by atoms with E-state index in [0.29, 0.717) is 5.75 Å². The molecule has 0 atom stereocenters. The molecule has 4 aromatic rings. The zero-order valence-electron chi connectivity index (χ0n) is 15.3. The summed E-state index contributed by atoms with van der Waals surface area (Å²) in [6, 6.07) is 9.61. The van der Waals surface area contributed by atoms with Crippen LogP contribution < -0.4 is 9.47 Å². The fourth-order valence-corrected chi connectivity index (χ4v) is 2.87. The highest BCUT2D eigenvalue weighted by Gasteiger charge is 2.12. The molecule has 27 heavy (non-hydrogen) atoms. The van der Waals surface area contributed by atoms with Crippen molar-refractivity contribution in [1.82, 2.24) is 19.4 Å². The van der Waals surface area contributed by atoms with E-state index in [9.17, 15) is 0 Å². The molecule has 0 bridgehead atoms. The Labute approximate surface area is 157 Å². The second-order valence-electron chi connectivity index (χ2n) is 6.03. The van der Waals surface area contributed by atoms with Gasteiger partial charge in [0, 0.05) is 36.1 Å². The lowest BCUT2D eigenvalue weighted by molar-refractivity contribution is 0.415. The van der Waals surface area contributed by atoms with Gasteiger partial charge in [-0.15, -0.1) is 0 Å². The molecule has 0 aliphatic rings. The first-order valence-corrected chi connectivity index (χ1v) is 8.38. The second kappa shape index (κ2) is 6.89. The number of benzene rings is 1. The van der Waals surface area contributed by atoms with Crippen molar-refractivity contribution in [1.29, 1.82) is 0 Å². The Kier molecular flexibility index (Phi) is 4.27. The second-order valence-corrected chi connectivity index (χ2v) is 6.03. The summed E-state index contributed by atoms with van der Waals surface area (Å²) >= 11 is 0. The lowest BCUT2D eigenvalue weighted by Crippen LogP contribution is -1.94. The van der Waals surface area contributed by atoms with E-state index in [4.69, 9.17) is 9.47 Å². The van der Waals surface area contributed by atoms with E-state index in [0.717, 1.165) is 33.5 Å². The van der Waals surface area contributed by atoms with Crippen LogP contribution in [0.15, 0.2) is 55.1 Å².